The van der Waals surface area contributed by atoms with Gasteiger partial charge in [-0.25, -0.2) is 0 Å². The number of hydrogen-bond donors (Lipinski definition) is 2. The molecule has 6 heteroatoms. The third kappa shape index (κ3) is 3.30. The molecule has 0 spiro atoms. The number of anilines is 1. The van der Waals surface area contributed by atoms with Crippen molar-refractivity contribution in [1.29, 1.82) is 5.26 Å². The fraction of sp³-hybridized carbons (Fsp3) is 0.571. The molecular weight excluding hydrogens is 272 g/mol. The predicted molar refractivity (Wildman–Crippen MR) is 80.3 cm³/mol. The van der Waals surface area contributed by atoms with Crippen LogP contribution in [0.3, 0.4) is 0 Å². The number of carbonyl (C=O) groups is 1. The third-order valence-corrected chi connectivity index (χ3v) is 4.40. The summed E-state index contributed by atoms with van der Waals surface area (Å²) in [4.78, 5) is 15.1. The van der Waals surface area contributed by atoms with Gasteiger partial charge in [0.15, 0.2) is 0 Å². The molecule has 0 atom stereocenters. The Morgan fingerprint density at radius 1 is 1.60 bits per heavy atom. The van der Waals surface area contributed by atoms with E-state index in [1.165, 1.54) is 11.3 Å². The summed E-state index contributed by atoms with van der Waals surface area (Å²) in [5, 5.41) is 12.6. The molecule has 0 bridgehead atoms. The van der Waals surface area contributed by atoms with E-state index >= 15 is 0 Å². The zero-order valence-electron chi connectivity index (χ0n) is 11.9. The van der Waals surface area contributed by atoms with Crippen molar-refractivity contribution in [1.82, 2.24) is 10.2 Å². The molecule has 0 radical (unpaired) electrons. The summed E-state index contributed by atoms with van der Waals surface area (Å²) in [7, 11) is 0. The number of rotatable bonds is 4. The first-order valence-electron chi connectivity index (χ1n) is 6.80. The SMILES string of the molecule is CC(C)CNC(=O)CN1CCc2c(sc(N)c2C#N)C1. The van der Waals surface area contributed by atoms with Crippen LogP contribution in [0.25, 0.3) is 0 Å². The normalized spacial score (nSPS) is 14.9. The number of nitrogens with zero attached hydrogens (tertiary/aromatic N) is 2. The molecule has 1 aliphatic rings. The Morgan fingerprint density at radius 2 is 2.35 bits per heavy atom. The zero-order chi connectivity index (χ0) is 14.7. The van der Waals surface area contributed by atoms with Crippen LogP contribution in [0.5, 0.6) is 0 Å². The van der Waals surface area contributed by atoms with E-state index in [1.54, 1.807) is 0 Å². The quantitative estimate of drug-likeness (QED) is 0.877. The van der Waals surface area contributed by atoms with E-state index in [-0.39, 0.29) is 5.91 Å². The lowest BCUT2D eigenvalue weighted by atomic mass is 10.0. The van der Waals surface area contributed by atoms with Gasteiger partial charge in [0.05, 0.1) is 12.1 Å². The first kappa shape index (κ1) is 14.8. The summed E-state index contributed by atoms with van der Waals surface area (Å²) in [5.74, 6) is 0.523. The molecule has 2 heterocycles. The molecular formula is C14H20N4OS. The van der Waals surface area contributed by atoms with E-state index in [1.807, 2.05) is 0 Å². The van der Waals surface area contributed by atoms with Crippen LogP contribution < -0.4 is 11.1 Å². The molecule has 0 saturated carbocycles. The Kier molecular flexibility index (Phi) is 4.63. The van der Waals surface area contributed by atoms with Gasteiger partial charge in [0, 0.05) is 24.5 Å². The maximum absolute atomic E-state index is 11.8. The highest BCUT2D eigenvalue weighted by Gasteiger charge is 2.24. The second-order valence-corrected chi connectivity index (χ2v) is 6.65. The number of nitrogens with one attached hydrogen (secondary N) is 1. The van der Waals surface area contributed by atoms with E-state index in [4.69, 9.17) is 11.0 Å². The molecule has 0 aliphatic carbocycles. The number of nitrogen functional groups attached to an aromatic ring is 1. The van der Waals surface area contributed by atoms with Gasteiger partial charge in [0.2, 0.25) is 5.91 Å². The molecule has 2 rings (SSSR count). The summed E-state index contributed by atoms with van der Waals surface area (Å²) in [6.45, 7) is 6.78. The number of thiophene rings is 1. The Hall–Kier alpha value is -1.58. The molecule has 0 aromatic carbocycles. The third-order valence-electron chi connectivity index (χ3n) is 3.35. The van der Waals surface area contributed by atoms with Crippen molar-refractivity contribution in [3.8, 4) is 6.07 Å². The van der Waals surface area contributed by atoms with Crippen molar-refractivity contribution in [2.45, 2.75) is 26.8 Å². The average molecular weight is 292 g/mol. The largest absolute Gasteiger partial charge is 0.389 e. The molecule has 1 amide bonds. The topological polar surface area (TPSA) is 82.2 Å². The number of hydrogen-bond acceptors (Lipinski definition) is 5. The van der Waals surface area contributed by atoms with Crippen LogP contribution in [0.1, 0.15) is 29.9 Å². The van der Waals surface area contributed by atoms with Gasteiger partial charge in [0.25, 0.3) is 0 Å². The summed E-state index contributed by atoms with van der Waals surface area (Å²) >= 11 is 1.47. The van der Waals surface area contributed by atoms with Crippen molar-refractivity contribution < 1.29 is 4.79 Å². The summed E-state index contributed by atoms with van der Waals surface area (Å²) in [5.41, 5.74) is 7.57. The van der Waals surface area contributed by atoms with Crippen LogP contribution in [0.4, 0.5) is 5.00 Å². The second-order valence-electron chi connectivity index (χ2n) is 5.51. The molecule has 1 aliphatic heterocycles. The van der Waals surface area contributed by atoms with Gasteiger partial charge in [-0.2, -0.15) is 5.26 Å². The average Bonchev–Trinajstić information content (AvgIpc) is 2.70. The van der Waals surface area contributed by atoms with Crippen LogP contribution in [-0.4, -0.2) is 30.4 Å². The van der Waals surface area contributed by atoms with Crippen LogP contribution in [0.2, 0.25) is 0 Å². The molecule has 3 N–H and O–H groups in total. The second kappa shape index (κ2) is 6.25. The molecule has 0 saturated heterocycles. The van der Waals surface area contributed by atoms with E-state index in [0.717, 1.165) is 23.4 Å². The minimum atomic E-state index is 0.0622. The Balaban J connectivity index is 1.95. The fourth-order valence-electron chi connectivity index (χ4n) is 2.31. The molecule has 0 fully saturated rings. The monoisotopic (exact) mass is 292 g/mol. The first-order chi connectivity index (χ1) is 9.51. The zero-order valence-corrected chi connectivity index (χ0v) is 12.7. The van der Waals surface area contributed by atoms with Crippen molar-refractivity contribution >= 4 is 22.2 Å². The Labute approximate surface area is 123 Å². The number of nitrogens with two attached hydrogens (primary N) is 1. The van der Waals surface area contributed by atoms with Crippen molar-refractivity contribution in [2.24, 2.45) is 5.92 Å². The van der Waals surface area contributed by atoms with Crippen LogP contribution in [-0.2, 0) is 17.8 Å². The Morgan fingerprint density at radius 3 is 3.00 bits per heavy atom. The molecule has 1 aromatic rings. The van der Waals surface area contributed by atoms with E-state index < -0.39 is 0 Å². The van der Waals surface area contributed by atoms with E-state index in [0.29, 0.717) is 36.1 Å². The highest BCUT2D eigenvalue weighted by Crippen LogP contribution is 2.34. The smallest absolute Gasteiger partial charge is 0.234 e. The number of nitriles is 1. The fourth-order valence-corrected chi connectivity index (χ4v) is 3.42. The lowest BCUT2D eigenvalue weighted by Crippen LogP contribution is -2.40. The minimum absolute atomic E-state index is 0.0622. The van der Waals surface area contributed by atoms with Gasteiger partial charge in [-0.3, -0.25) is 9.69 Å². The highest BCUT2D eigenvalue weighted by atomic mass is 32.1. The highest BCUT2D eigenvalue weighted by molar-refractivity contribution is 7.16. The van der Waals surface area contributed by atoms with Gasteiger partial charge in [-0.1, -0.05) is 13.8 Å². The lowest BCUT2D eigenvalue weighted by molar-refractivity contribution is -0.122. The molecule has 5 nitrogen and oxygen atoms in total. The van der Waals surface area contributed by atoms with Gasteiger partial charge in [0.1, 0.15) is 11.1 Å². The first-order valence-corrected chi connectivity index (χ1v) is 7.62. The van der Waals surface area contributed by atoms with Crippen LogP contribution in [0.15, 0.2) is 0 Å². The minimum Gasteiger partial charge on any atom is -0.389 e. The molecule has 0 unspecified atom stereocenters. The standard InChI is InChI=1S/C14H20N4OS/c1-9(2)6-17-13(19)8-18-4-3-10-11(5-15)14(16)20-12(10)7-18/h9H,3-4,6-8,16H2,1-2H3,(H,17,19). The summed E-state index contributed by atoms with van der Waals surface area (Å²) < 4.78 is 0. The van der Waals surface area contributed by atoms with Gasteiger partial charge >= 0.3 is 0 Å². The maximum Gasteiger partial charge on any atom is 0.234 e. The molecule has 108 valence electrons. The van der Waals surface area contributed by atoms with Gasteiger partial charge in [-0.05, 0) is 17.9 Å². The van der Waals surface area contributed by atoms with Gasteiger partial charge < -0.3 is 11.1 Å². The number of fused-ring (bicyclic) bond motifs is 1. The number of amides is 1. The van der Waals surface area contributed by atoms with Crippen molar-refractivity contribution in [3.63, 3.8) is 0 Å². The Bertz CT molecular complexity index is 544. The predicted octanol–water partition coefficient (Wildman–Crippen LogP) is 1.33. The van der Waals surface area contributed by atoms with E-state index in [9.17, 15) is 4.79 Å². The maximum atomic E-state index is 11.8. The van der Waals surface area contributed by atoms with Gasteiger partial charge in [-0.15, -0.1) is 11.3 Å². The van der Waals surface area contributed by atoms with Crippen LogP contribution >= 0.6 is 11.3 Å². The van der Waals surface area contributed by atoms with E-state index in [2.05, 4.69) is 30.1 Å². The molecule has 20 heavy (non-hydrogen) atoms. The molecule has 1 aromatic heterocycles. The number of carbonyl (C=O) groups excluding carboxylic acids is 1. The van der Waals surface area contributed by atoms with Crippen LogP contribution in [0, 0.1) is 17.2 Å². The van der Waals surface area contributed by atoms with Crippen molar-refractivity contribution in [3.05, 3.63) is 16.0 Å². The summed E-state index contributed by atoms with van der Waals surface area (Å²) in [6, 6.07) is 2.18. The lowest BCUT2D eigenvalue weighted by Gasteiger charge is -2.26. The van der Waals surface area contributed by atoms with Crippen molar-refractivity contribution in [2.75, 3.05) is 25.4 Å². The summed E-state index contributed by atoms with van der Waals surface area (Å²) in [6.07, 6.45) is 0.795.